The van der Waals surface area contributed by atoms with Gasteiger partial charge in [0.25, 0.3) is 0 Å². The summed E-state index contributed by atoms with van der Waals surface area (Å²) in [5.41, 5.74) is 1.16. The van der Waals surface area contributed by atoms with Crippen molar-refractivity contribution in [1.82, 2.24) is 10.0 Å². The highest BCUT2D eigenvalue weighted by Gasteiger charge is 2.12. The fourth-order valence-corrected chi connectivity index (χ4v) is 2.91. The molecule has 0 radical (unpaired) electrons. The van der Waals surface area contributed by atoms with Crippen molar-refractivity contribution in [2.45, 2.75) is 32.9 Å². The lowest BCUT2D eigenvalue weighted by Crippen LogP contribution is -2.36. The topological polar surface area (TPSA) is 58.2 Å². The molecule has 1 aromatic rings. The molecule has 1 aromatic carbocycles. The molecule has 18 heavy (non-hydrogen) atoms. The van der Waals surface area contributed by atoms with Crippen LogP contribution in [-0.2, 0) is 10.0 Å². The molecular weight excluding hydrogens is 248 g/mol. The van der Waals surface area contributed by atoms with Crippen LogP contribution in [-0.4, -0.2) is 26.8 Å². The van der Waals surface area contributed by atoms with E-state index < -0.39 is 10.0 Å². The van der Waals surface area contributed by atoms with E-state index in [-0.39, 0.29) is 17.8 Å². The predicted octanol–water partition coefficient (Wildman–Crippen LogP) is 1.66. The number of nitrogens with one attached hydrogen (secondary N) is 2. The van der Waals surface area contributed by atoms with Crippen molar-refractivity contribution in [2.24, 2.45) is 0 Å². The van der Waals surface area contributed by atoms with Crippen LogP contribution in [0.25, 0.3) is 0 Å². The Morgan fingerprint density at radius 3 is 2.28 bits per heavy atom. The van der Waals surface area contributed by atoms with Crippen molar-refractivity contribution in [3.05, 3.63) is 35.9 Å². The molecule has 0 saturated carbocycles. The number of rotatable bonds is 7. The molecule has 102 valence electrons. The summed E-state index contributed by atoms with van der Waals surface area (Å²) in [5.74, 6) is 0.0996. The van der Waals surface area contributed by atoms with E-state index in [0.29, 0.717) is 6.54 Å². The zero-order valence-corrected chi connectivity index (χ0v) is 12.0. The van der Waals surface area contributed by atoms with Gasteiger partial charge in [-0.3, -0.25) is 0 Å². The molecule has 0 spiro atoms. The Hall–Kier alpha value is -0.910. The first kappa shape index (κ1) is 15.1. The number of sulfonamides is 1. The lowest BCUT2D eigenvalue weighted by Gasteiger charge is -2.15. The lowest BCUT2D eigenvalue weighted by molar-refractivity contribution is 0.554. The van der Waals surface area contributed by atoms with Crippen LogP contribution in [0.3, 0.4) is 0 Å². The molecule has 0 heterocycles. The van der Waals surface area contributed by atoms with E-state index in [0.717, 1.165) is 5.56 Å². The Bertz CT molecular complexity index is 443. The molecule has 0 aliphatic carbocycles. The summed E-state index contributed by atoms with van der Waals surface area (Å²) >= 11 is 0. The monoisotopic (exact) mass is 270 g/mol. The third-order valence-corrected chi connectivity index (χ3v) is 4.11. The molecule has 5 heteroatoms. The lowest BCUT2D eigenvalue weighted by atomic mass is 10.1. The van der Waals surface area contributed by atoms with Crippen molar-refractivity contribution >= 4 is 10.0 Å². The van der Waals surface area contributed by atoms with Gasteiger partial charge >= 0.3 is 0 Å². The van der Waals surface area contributed by atoms with Crippen molar-refractivity contribution in [3.8, 4) is 0 Å². The first-order chi connectivity index (χ1) is 8.41. The molecule has 2 N–H and O–H groups in total. The summed E-state index contributed by atoms with van der Waals surface area (Å²) in [7, 11) is -3.17. The van der Waals surface area contributed by atoms with E-state index in [1.165, 1.54) is 0 Å². The van der Waals surface area contributed by atoms with Crippen LogP contribution in [0.2, 0.25) is 0 Å². The molecule has 1 unspecified atom stereocenters. The number of benzene rings is 1. The maximum absolute atomic E-state index is 11.6. The summed E-state index contributed by atoms with van der Waals surface area (Å²) < 4.78 is 25.8. The average molecular weight is 270 g/mol. The van der Waals surface area contributed by atoms with Crippen LogP contribution < -0.4 is 10.0 Å². The van der Waals surface area contributed by atoms with Crippen LogP contribution in [0.1, 0.15) is 32.4 Å². The molecule has 0 aromatic heterocycles. The van der Waals surface area contributed by atoms with E-state index in [4.69, 9.17) is 0 Å². The molecule has 0 aliphatic heterocycles. The van der Waals surface area contributed by atoms with E-state index in [9.17, 15) is 8.42 Å². The molecule has 0 saturated heterocycles. The van der Waals surface area contributed by atoms with Crippen LogP contribution in [0.15, 0.2) is 30.3 Å². The largest absolute Gasteiger partial charge is 0.309 e. The first-order valence-electron chi connectivity index (χ1n) is 6.19. The van der Waals surface area contributed by atoms with Gasteiger partial charge < -0.3 is 5.32 Å². The van der Waals surface area contributed by atoms with E-state index >= 15 is 0 Å². The number of hydrogen-bond donors (Lipinski definition) is 2. The van der Waals surface area contributed by atoms with E-state index in [1.807, 2.05) is 51.1 Å². The van der Waals surface area contributed by atoms with Crippen molar-refractivity contribution in [3.63, 3.8) is 0 Å². The molecule has 0 aliphatic rings. The highest BCUT2D eigenvalue weighted by molar-refractivity contribution is 7.89. The molecule has 0 amide bonds. The Balaban J connectivity index is 2.38. The van der Waals surface area contributed by atoms with Crippen LogP contribution in [0, 0.1) is 0 Å². The third-order valence-electron chi connectivity index (χ3n) is 2.54. The molecule has 0 bridgehead atoms. The highest BCUT2D eigenvalue weighted by Crippen LogP contribution is 2.10. The summed E-state index contributed by atoms with van der Waals surface area (Å²) in [5, 5.41) is 3.21. The summed E-state index contributed by atoms with van der Waals surface area (Å²) in [4.78, 5) is 0. The van der Waals surface area contributed by atoms with Crippen molar-refractivity contribution in [1.29, 1.82) is 0 Å². The van der Waals surface area contributed by atoms with Gasteiger partial charge in [-0.15, -0.1) is 0 Å². The van der Waals surface area contributed by atoms with Gasteiger partial charge in [0.2, 0.25) is 10.0 Å². The van der Waals surface area contributed by atoms with Gasteiger partial charge in [0.05, 0.1) is 5.75 Å². The SMILES string of the molecule is CC(C)NS(=O)(=O)CCNC(C)c1ccccc1. The van der Waals surface area contributed by atoms with Gasteiger partial charge in [0.15, 0.2) is 0 Å². The van der Waals surface area contributed by atoms with Gasteiger partial charge in [-0.05, 0) is 26.3 Å². The minimum atomic E-state index is -3.17. The van der Waals surface area contributed by atoms with E-state index in [2.05, 4.69) is 10.0 Å². The Kier molecular flexibility index (Phi) is 5.78. The second-order valence-electron chi connectivity index (χ2n) is 4.68. The second kappa shape index (κ2) is 6.87. The molecular formula is C13H22N2O2S. The Labute approximate surface area is 110 Å². The molecule has 1 rings (SSSR count). The minimum absolute atomic E-state index is 0.0541. The number of hydrogen-bond acceptors (Lipinski definition) is 3. The van der Waals surface area contributed by atoms with Gasteiger partial charge in [-0.25, -0.2) is 13.1 Å². The van der Waals surface area contributed by atoms with Crippen LogP contribution in [0.5, 0.6) is 0 Å². The van der Waals surface area contributed by atoms with E-state index in [1.54, 1.807) is 0 Å². The Morgan fingerprint density at radius 1 is 1.11 bits per heavy atom. The van der Waals surface area contributed by atoms with Crippen molar-refractivity contribution < 1.29 is 8.42 Å². The van der Waals surface area contributed by atoms with Crippen molar-refractivity contribution in [2.75, 3.05) is 12.3 Å². The minimum Gasteiger partial charge on any atom is -0.309 e. The van der Waals surface area contributed by atoms with Gasteiger partial charge in [-0.1, -0.05) is 30.3 Å². The normalized spacial score (nSPS) is 13.8. The average Bonchev–Trinajstić information content (AvgIpc) is 2.28. The smallest absolute Gasteiger partial charge is 0.213 e. The predicted molar refractivity (Wildman–Crippen MR) is 74.9 cm³/mol. The molecule has 4 nitrogen and oxygen atoms in total. The summed E-state index contributed by atoms with van der Waals surface area (Å²) in [6.07, 6.45) is 0. The third kappa shape index (κ3) is 5.62. The first-order valence-corrected chi connectivity index (χ1v) is 7.84. The second-order valence-corrected chi connectivity index (χ2v) is 6.55. The fourth-order valence-electron chi connectivity index (χ4n) is 1.69. The quantitative estimate of drug-likeness (QED) is 0.792. The Morgan fingerprint density at radius 2 is 1.72 bits per heavy atom. The maximum atomic E-state index is 11.6. The zero-order chi connectivity index (χ0) is 13.6. The standard InChI is InChI=1S/C13H22N2O2S/c1-11(2)15-18(16,17)10-9-14-12(3)13-7-5-4-6-8-13/h4-8,11-12,14-15H,9-10H2,1-3H3. The molecule has 1 atom stereocenters. The van der Waals surface area contributed by atoms with Gasteiger partial charge in [0, 0.05) is 18.6 Å². The molecule has 0 fully saturated rings. The van der Waals surface area contributed by atoms with Crippen LogP contribution in [0.4, 0.5) is 0 Å². The summed E-state index contributed by atoms with van der Waals surface area (Å²) in [6, 6.07) is 10.1. The summed E-state index contributed by atoms with van der Waals surface area (Å²) in [6.45, 7) is 6.10. The van der Waals surface area contributed by atoms with Gasteiger partial charge in [-0.2, -0.15) is 0 Å². The zero-order valence-electron chi connectivity index (χ0n) is 11.2. The fraction of sp³-hybridized carbons (Fsp3) is 0.538. The van der Waals surface area contributed by atoms with Gasteiger partial charge in [0.1, 0.15) is 0 Å². The van der Waals surface area contributed by atoms with Crippen LogP contribution >= 0.6 is 0 Å². The highest BCUT2D eigenvalue weighted by atomic mass is 32.2. The maximum Gasteiger partial charge on any atom is 0.213 e.